The molecule has 35 heavy (non-hydrogen) atoms. The van der Waals surface area contributed by atoms with E-state index in [2.05, 4.69) is 4.98 Å². The number of pyridine rings is 1. The minimum atomic E-state index is -1.33. The topological polar surface area (TPSA) is 118 Å². The largest absolute Gasteiger partial charge is 0.496 e. The predicted molar refractivity (Wildman–Crippen MR) is 128 cm³/mol. The van der Waals surface area contributed by atoms with Crippen LogP contribution in [-0.4, -0.2) is 78.0 Å². The van der Waals surface area contributed by atoms with Gasteiger partial charge in [0.05, 0.1) is 26.2 Å². The quantitative estimate of drug-likeness (QED) is 0.604. The average molecular weight is 492 g/mol. The lowest BCUT2D eigenvalue weighted by atomic mass is 9.85. The standard InChI is InChI=1S/C25H37N3O7/c1-14(2)16-11-26-20(10-19(16)33-6)28(15-8-9-15)22(30)17-12-27(24(32)35-25(3,4)5)13-18(21(17)29)23(31)34-7/h10-11,14-15,17-18,21,29H,8-9,12-13H2,1-7H3/t17?,18-,21+/m1/s1. The molecule has 0 aromatic carbocycles. The number of nitrogens with zero attached hydrogens (tertiary/aromatic N) is 3. The summed E-state index contributed by atoms with van der Waals surface area (Å²) in [6.07, 6.45) is 1.30. The Balaban J connectivity index is 1.95. The molecule has 2 aliphatic rings. The highest BCUT2D eigenvalue weighted by molar-refractivity contribution is 5.97. The third-order valence-corrected chi connectivity index (χ3v) is 6.25. The normalized spacial score (nSPS) is 22.5. The number of methoxy groups -OCH3 is 2. The highest BCUT2D eigenvalue weighted by Crippen LogP contribution is 2.37. The van der Waals surface area contributed by atoms with E-state index in [1.165, 1.54) is 12.0 Å². The van der Waals surface area contributed by atoms with Gasteiger partial charge in [0, 0.05) is 37.0 Å². The van der Waals surface area contributed by atoms with E-state index in [9.17, 15) is 19.5 Å². The minimum absolute atomic E-state index is 0.0784. The first-order valence-corrected chi connectivity index (χ1v) is 12.0. The molecule has 1 aromatic rings. The van der Waals surface area contributed by atoms with Crippen LogP contribution in [0.15, 0.2) is 12.3 Å². The molecule has 0 spiro atoms. The van der Waals surface area contributed by atoms with Crippen LogP contribution >= 0.6 is 0 Å². The van der Waals surface area contributed by atoms with Crippen LogP contribution in [-0.2, 0) is 19.1 Å². The summed E-state index contributed by atoms with van der Waals surface area (Å²) in [6, 6.07) is 1.65. The monoisotopic (exact) mass is 491 g/mol. The molecule has 2 fully saturated rings. The van der Waals surface area contributed by atoms with Crippen molar-refractivity contribution < 1.29 is 33.7 Å². The van der Waals surface area contributed by atoms with Crippen LogP contribution in [0.1, 0.15) is 58.9 Å². The molecule has 1 unspecified atom stereocenters. The second kappa shape index (κ2) is 10.4. The van der Waals surface area contributed by atoms with E-state index >= 15 is 0 Å². The summed E-state index contributed by atoms with van der Waals surface area (Å²) in [5.74, 6) is -2.03. The Bertz CT molecular complexity index is 955. The molecule has 2 heterocycles. The maximum atomic E-state index is 13.9. The highest BCUT2D eigenvalue weighted by Gasteiger charge is 2.49. The summed E-state index contributed by atoms with van der Waals surface area (Å²) in [5.41, 5.74) is 0.158. The lowest BCUT2D eigenvalue weighted by molar-refractivity contribution is -0.156. The molecule has 0 bridgehead atoms. The van der Waals surface area contributed by atoms with Gasteiger partial charge in [-0.25, -0.2) is 9.78 Å². The van der Waals surface area contributed by atoms with Gasteiger partial charge in [-0.2, -0.15) is 0 Å². The fraction of sp³-hybridized carbons (Fsp3) is 0.680. The minimum Gasteiger partial charge on any atom is -0.496 e. The zero-order valence-electron chi connectivity index (χ0n) is 21.6. The Hall–Kier alpha value is -2.88. The van der Waals surface area contributed by atoms with E-state index in [1.807, 2.05) is 13.8 Å². The Kier molecular flexibility index (Phi) is 7.93. The number of anilines is 1. The molecule has 1 aliphatic carbocycles. The van der Waals surface area contributed by atoms with Crippen LogP contribution in [0.5, 0.6) is 5.75 Å². The van der Waals surface area contributed by atoms with Crippen LogP contribution in [0, 0.1) is 11.8 Å². The molecule has 3 rings (SSSR count). The number of amides is 2. The van der Waals surface area contributed by atoms with Gasteiger partial charge in [-0.3, -0.25) is 14.5 Å². The number of ether oxygens (including phenoxy) is 3. The number of carbonyl (C=O) groups excluding carboxylic acids is 3. The van der Waals surface area contributed by atoms with Crippen LogP contribution in [0.3, 0.4) is 0 Å². The third kappa shape index (κ3) is 6.04. The Labute approximate surface area is 206 Å². The van der Waals surface area contributed by atoms with Crippen LogP contribution in [0.2, 0.25) is 0 Å². The first kappa shape index (κ1) is 26.7. The van der Waals surface area contributed by atoms with Crippen molar-refractivity contribution in [2.75, 3.05) is 32.2 Å². The van der Waals surface area contributed by atoms with Crippen molar-refractivity contribution in [2.24, 2.45) is 11.8 Å². The average Bonchev–Trinajstić information content (AvgIpc) is 3.62. The molecule has 1 N–H and O–H groups in total. The van der Waals surface area contributed by atoms with Crippen LogP contribution in [0.25, 0.3) is 0 Å². The zero-order chi connectivity index (χ0) is 26.1. The Morgan fingerprint density at radius 3 is 2.29 bits per heavy atom. The maximum absolute atomic E-state index is 13.9. The summed E-state index contributed by atoms with van der Waals surface area (Å²) in [5, 5.41) is 11.1. The molecule has 1 saturated heterocycles. The van der Waals surface area contributed by atoms with Crippen molar-refractivity contribution in [3.05, 3.63) is 17.8 Å². The van der Waals surface area contributed by atoms with E-state index in [4.69, 9.17) is 14.2 Å². The molecule has 10 heteroatoms. The molecule has 3 atom stereocenters. The SMILES string of the molecule is COC(=O)[C@@H]1CN(C(=O)OC(C)(C)C)CC(C(=O)N(c2cc(OC)c(C(C)C)cn2)C2CC2)[C@@H]1O. The first-order valence-electron chi connectivity index (χ1n) is 12.0. The number of hydrogen-bond donors (Lipinski definition) is 1. The van der Waals surface area contributed by atoms with Gasteiger partial charge in [-0.15, -0.1) is 0 Å². The van der Waals surface area contributed by atoms with Gasteiger partial charge in [-0.1, -0.05) is 13.8 Å². The molecule has 1 saturated carbocycles. The third-order valence-electron chi connectivity index (χ3n) is 6.25. The summed E-state index contributed by atoms with van der Waals surface area (Å²) < 4.78 is 15.9. The highest BCUT2D eigenvalue weighted by atomic mass is 16.6. The van der Waals surface area contributed by atoms with Gasteiger partial charge in [-0.05, 0) is 39.5 Å². The van der Waals surface area contributed by atoms with Crippen molar-refractivity contribution in [1.29, 1.82) is 0 Å². The van der Waals surface area contributed by atoms with E-state index in [-0.39, 0.29) is 25.0 Å². The smallest absolute Gasteiger partial charge is 0.410 e. The summed E-state index contributed by atoms with van der Waals surface area (Å²) >= 11 is 0. The number of piperidine rings is 1. The second-order valence-corrected chi connectivity index (χ2v) is 10.5. The first-order chi connectivity index (χ1) is 16.4. The second-order valence-electron chi connectivity index (χ2n) is 10.5. The summed E-state index contributed by atoms with van der Waals surface area (Å²) in [6.45, 7) is 9.06. The number of hydrogen-bond acceptors (Lipinski definition) is 8. The number of carbonyl (C=O) groups is 3. The van der Waals surface area contributed by atoms with E-state index in [0.29, 0.717) is 11.6 Å². The van der Waals surface area contributed by atoms with Crippen molar-refractivity contribution >= 4 is 23.8 Å². The molecule has 1 aliphatic heterocycles. The molecule has 10 nitrogen and oxygen atoms in total. The summed E-state index contributed by atoms with van der Waals surface area (Å²) in [7, 11) is 2.78. The van der Waals surface area contributed by atoms with Crippen molar-refractivity contribution in [3.63, 3.8) is 0 Å². The fourth-order valence-electron chi connectivity index (χ4n) is 4.28. The fourth-order valence-corrected chi connectivity index (χ4v) is 4.28. The lowest BCUT2D eigenvalue weighted by Crippen LogP contribution is -2.59. The Morgan fingerprint density at radius 1 is 1.14 bits per heavy atom. The van der Waals surface area contributed by atoms with Gasteiger partial charge in [0.25, 0.3) is 0 Å². The molecule has 0 radical (unpaired) electrons. The molecular formula is C25H37N3O7. The Morgan fingerprint density at radius 2 is 1.77 bits per heavy atom. The number of rotatable bonds is 6. The van der Waals surface area contributed by atoms with Gasteiger partial charge in [0.15, 0.2) is 0 Å². The zero-order valence-corrected chi connectivity index (χ0v) is 21.6. The van der Waals surface area contributed by atoms with Crippen molar-refractivity contribution in [1.82, 2.24) is 9.88 Å². The van der Waals surface area contributed by atoms with Gasteiger partial charge < -0.3 is 24.2 Å². The maximum Gasteiger partial charge on any atom is 0.410 e. The molecule has 2 amide bonds. The lowest BCUT2D eigenvalue weighted by Gasteiger charge is -2.41. The van der Waals surface area contributed by atoms with Crippen molar-refractivity contribution in [2.45, 2.75) is 71.1 Å². The van der Waals surface area contributed by atoms with E-state index < -0.39 is 41.5 Å². The molecular weight excluding hydrogens is 454 g/mol. The molecule has 194 valence electrons. The number of likely N-dealkylation sites (tertiary alicyclic amines) is 1. The number of aromatic nitrogens is 1. The molecule has 1 aromatic heterocycles. The van der Waals surface area contributed by atoms with Gasteiger partial charge in [0.1, 0.15) is 23.1 Å². The number of esters is 1. The van der Waals surface area contributed by atoms with E-state index in [0.717, 1.165) is 18.4 Å². The van der Waals surface area contributed by atoms with Gasteiger partial charge in [0.2, 0.25) is 5.91 Å². The predicted octanol–water partition coefficient (Wildman–Crippen LogP) is 2.73. The van der Waals surface area contributed by atoms with E-state index in [1.54, 1.807) is 45.0 Å². The number of aliphatic hydroxyl groups is 1. The van der Waals surface area contributed by atoms with Gasteiger partial charge >= 0.3 is 12.1 Å². The van der Waals surface area contributed by atoms with Crippen LogP contribution < -0.4 is 9.64 Å². The van der Waals surface area contributed by atoms with Crippen LogP contribution in [0.4, 0.5) is 10.6 Å². The van der Waals surface area contributed by atoms with Crippen molar-refractivity contribution in [3.8, 4) is 5.75 Å². The summed E-state index contributed by atoms with van der Waals surface area (Å²) in [4.78, 5) is 46.5. The number of aliphatic hydroxyl groups excluding tert-OH is 1.